The molecule has 2 aromatic carbocycles. The lowest BCUT2D eigenvalue weighted by Gasteiger charge is -2.11. The second-order valence-corrected chi connectivity index (χ2v) is 8.54. The Balaban J connectivity index is 1.52. The van der Waals surface area contributed by atoms with Crippen LogP contribution in [0.4, 0.5) is 5.13 Å². The highest BCUT2D eigenvalue weighted by Crippen LogP contribution is 2.38. The number of ether oxygens (including phenoxy) is 1. The molecule has 3 aromatic heterocycles. The number of amides is 1. The third-order valence-electron chi connectivity index (χ3n) is 5.03. The first-order chi connectivity index (χ1) is 16.5. The highest BCUT2D eigenvalue weighted by Gasteiger charge is 2.22. The van der Waals surface area contributed by atoms with E-state index in [2.05, 4.69) is 25.8 Å². The summed E-state index contributed by atoms with van der Waals surface area (Å²) < 4.78 is 8.74. The molecular formula is C22H17ClN8O2S. The Labute approximate surface area is 202 Å². The van der Waals surface area contributed by atoms with Crippen LogP contribution in [0.2, 0.25) is 5.02 Å². The van der Waals surface area contributed by atoms with E-state index in [0.29, 0.717) is 16.6 Å². The smallest absolute Gasteiger partial charge is 0.261 e. The summed E-state index contributed by atoms with van der Waals surface area (Å²) in [6, 6.07) is 12.9. The van der Waals surface area contributed by atoms with Crippen molar-refractivity contribution in [1.29, 1.82) is 0 Å². The minimum absolute atomic E-state index is 0.249. The van der Waals surface area contributed by atoms with Crippen molar-refractivity contribution in [2.75, 3.05) is 12.4 Å². The number of aromatic nitrogens is 7. The lowest BCUT2D eigenvalue weighted by molar-refractivity contribution is 0.102. The lowest BCUT2D eigenvalue weighted by atomic mass is 10.1. The molecule has 0 atom stereocenters. The first kappa shape index (κ1) is 21.7. The van der Waals surface area contributed by atoms with Crippen molar-refractivity contribution in [2.45, 2.75) is 0 Å². The molecule has 12 heteroatoms. The number of nitrogens with one attached hydrogen (secondary N) is 1. The van der Waals surface area contributed by atoms with Crippen LogP contribution in [0.15, 0.2) is 61.2 Å². The number of thiazole rings is 1. The summed E-state index contributed by atoms with van der Waals surface area (Å²) >= 11 is 7.75. The molecule has 0 radical (unpaired) electrons. The SMILES string of the molecule is COc1cc(-n2cnnn2)c(Cl)cc1C(=O)Nc1nc(-c2ccccc2)c(-c2nccn2C)s1. The molecule has 0 fully saturated rings. The van der Waals surface area contributed by atoms with Gasteiger partial charge in [0.25, 0.3) is 5.91 Å². The number of anilines is 1. The number of halogens is 1. The first-order valence-electron chi connectivity index (χ1n) is 10.0. The molecule has 0 aliphatic rings. The molecule has 0 aliphatic carbocycles. The summed E-state index contributed by atoms with van der Waals surface area (Å²) in [5.74, 6) is 0.654. The van der Waals surface area contributed by atoms with Crippen LogP contribution in [0.1, 0.15) is 10.4 Å². The van der Waals surface area contributed by atoms with E-state index in [0.717, 1.165) is 22.0 Å². The van der Waals surface area contributed by atoms with Crippen LogP contribution in [0.3, 0.4) is 0 Å². The average Bonchev–Trinajstić information content (AvgIpc) is 3.60. The van der Waals surface area contributed by atoms with Crippen molar-refractivity contribution in [3.05, 3.63) is 71.8 Å². The number of hydrogen-bond acceptors (Lipinski definition) is 8. The van der Waals surface area contributed by atoms with Crippen molar-refractivity contribution in [3.63, 3.8) is 0 Å². The van der Waals surface area contributed by atoms with Crippen molar-refractivity contribution in [1.82, 2.24) is 34.7 Å². The van der Waals surface area contributed by atoms with Gasteiger partial charge in [-0.3, -0.25) is 10.1 Å². The molecule has 34 heavy (non-hydrogen) atoms. The Morgan fingerprint density at radius 1 is 1.21 bits per heavy atom. The molecule has 10 nitrogen and oxygen atoms in total. The molecule has 0 saturated carbocycles. The van der Waals surface area contributed by atoms with E-state index in [4.69, 9.17) is 21.3 Å². The van der Waals surface area contributed by atoms with Gasteiger partial charge in [0.1, 0.15) is 12.1 Å². The molecule has 0 spiro atoms. The summed E-state index contributed by atoms with van der Waals surface area (Å²) in [5.41, 5.74) is 2.38. The lowest BCUT2D eigenvalue weighted by Crippen LogP contribution is -2.14. The molecule has 3 heterocycles. The molecule has 0 unspecified atom stereocenters. The summed E-state index contributed by atoms with van der Waals surface area (Å²) in [7, 11) is 3.38. The Kier molecular flexibility index (Phi) is 5.78. The monoisotopic (exact) mass is 492 g/mol. The standard InChI is InChI=1S/C22H17ClN8O2S/c1-30-9-8-24-20(30)19-18(13-6-4-3-5-7-13)26-22(34-19)27-21(32)14-10-15(23)16(11-17(14)33-2)31-12-25-28-29-31/h3-12H,1-2H3,(H,26,27,32). The highest BCUT2D eigenvalue weighted by molar-refractivity contribution is 7.19. The zero-order chi connectivity index (χ0) is 23.7. The highest BCUT2D eigenvalue weighted by atomic mass is 35.5. The van der Waals surface area contributed by atoms with E-state index >= 15 is 0 Å². The van der Waals surface area contributed by atoms with Gasteiger partial charge in [-0.05, 0) is 16.5 Å². The topological polar surface area (TPSA) is 113 Å². The number of hydrogen-bond donors (Lipinski definition) is 1. The number of nitrogens with zero attached hydrogens (tertiary/aromatic N) is 7. The fourth-order valence-corrected chi connectivity index (χ4v) is 4.67. The number of methoxy groups -OCH3 is 1. The van der Waals surface area contributed by atoms with Gasteiger partial charge in [-0.25, -0.2) is 9.97 Å². The fourth-order valence-electron chi connectivity index (χ4n) is 3.40. The largest absolute Gasteiger partial charge is 0.496 e. The van der Waals surface area contributed by atoms with Gasteiger partial charge in [-0.2, -0.15) is 4.68 Å². The molecule has 5 aromatic rings. The van der Waals surface area contributed by atoms with E-state index < -0.39 is 5.91 Å². The van der Waals surface area contributed by atoms with E-state index in [-0.39, 0.29) is 10.6 Å². The molecule has 0 bridgehead atoms. The molecule has 0 aliphatic heterocycles. The average molecular weight is 493 g/mol. The molecular weight excluding hydrogens is 476 g/mol. The summed E-state index contributed by atoms with van der Waals surface area (Å²) in [6.07, 6.45) is 4.99. The van der Waals surface area contributed by atoms with Gasteiger partial charge in [-0.1, -0.05) is 53.3 Å². The summed E-state index contributed by atoms with van der Waals surface area (Å²) in [6.45, 7) is 0. The van der Waals surface area contributed by atoms with Crippen LogP contribution in [0, 0.1) is 0 Å². The van der Waals surface area contributed by atoms with Crippen LogP contribution in [-0.2, 0) is 7.05 Å². The van der Waals surface area contributed by atoms with Crippen molar-refractivity contribution < 1.29 is 9.53 Å². The molecule has 0 saturated heterocycles. The third-order valence-corrected chi connectivity index (χ3v) is 6.30. The van der Waals surface area contributed by atoms with Crippen molar-refractivity contribution in [2.24, 2.45) is 7.05 Å². The van der Waals surface area contributed by atoms with Gasteiger partial charge in [0.05, 0.1) is 34.0 Å². The number of benzene rings is 2. The van der Waals surface area contributed by atoms with E-state index in [1.54, 1.807) is 12.3 Å². The maximum absolute atomic E-state index is 13.2. The van der Waals surface area contributed by atoms with E-state index in [1.807, 2.05) is 48.1 Å². The number of tetrazole rings is 1. The predicted octanol–water partition coefficient (Wildman–Crippen LogP) is 4.10. The predicted molar refractivity (Wildman–Crippen MR) is 128 cm³/mol. The zero-order valence-electron chi connectivity index (χ0n) is 18.0. The minimum atomic E-state index is -0.415. The Morgan fingerprint density at radius 2 is 2.03 bits per heavy atom. The minimum Gasteiger partial charge on any atom is -0.496 e. The van der Waals surface area contributed by atoms with E-state index in [1.165, 1.54) is 35.5 Å². The summed E-state index contributed by atoms with van der Waals surface area (Å²) in [4.78, 5) is 23.2. The summed E-state index contributed by atoms with van der Waals surface area (Å²) in [5, 5.41) is 14.6. The quantitative estimate of drug-likeness (QED) is 0.379. The Hall–Kier alpha value is -4.09. The van der Waals surface area contributed by atoms with Crippen LogP contribution in [0.5, 0.6) is 5.75 Å². The zero-order valence-corrected chi connectivity index (χ0v) is 19.6. The maximum Gasteiger partial charge on any atom is 0.261 e. The fraction of sp³-hybridized carbons (Fsp3) is 0.0909. The van der Waals surface area contributed by atoms with E-state index in [9.17, 15) is 4.79 Å². The van der Waals surface area contributed by atoms with Crippen molar-refractivity contribution in [3.8, 4) is 33.4 Å². The Bertz CT molecular complexity index is 1460. The van der Waals surface area contributed by atoms with Crippen LogP contribution in [0.25, 0.3) is 27.6 Å². The number of carbonyl (C=O) groups excluding carboxylic acids is 1. The maximum atomic E-state index is 13.2. The Morgan fingerprint density at radius 3 is 2.71 bits per heavy atom. The van der Waals surface area contributed by atoms with Gasteiger partial charge < -0.3 is 9.30 Å². The van der Waals surface area contributed by atoms with Gasteiger partial charge >= 0.3 is 0 Å². The second-order valence-electron chi connectivity index (χ2n) is 7.14. The number of carbonyl (C=O) groups is 1. The van der Waals surface area contributed by atoms with Crippen LogP contribution < -0.4 is 10.1 Å². The number of rotatable bonds is 6. The van der Waals surface area contributed by atoms with Gasteiger partial charge in [0, 0.05) is 31.1 Å². The third kappa shape index (κ3) is 4.02. The normalized spacial score (nSPS) is 10.9. The molecule has 5 rings (SSSR count). The van der Waals surface area contributed by atoms with Gasteiger partial charge in [0.15, 0.2) is 11.0 Å². The van der Waals surface area contributed by atoms with Crippen LogP contribution in [-0.4, -0.2) is 47.8 Å². The second kappa shape index (κ2) is 9.04. The number of aryl methyl sites for hydroxylation is 1. The molecule has 1 N–H and O–H groups in total. The molecule has 170 valence electrons. The van der Waals surface area contributed by atoms with Gasteiger partial charge in [0.2, 0.25) is 0 Å². The van der Waals surface area contributed by atoms with Crippen LogP contribution >= 0.6 is 22.9 Å². The number of imidazole rings is 1. The van der Waals surface area contributed by atoms with Gasteiger partial charge in [-0.15, -0.1) is 5.10 Å². The first-order valence-corrected chi connectivity index (χ1v) is 11.2. The molecule has 1 amide bonds. The van der Waals surface area contributed by atoms with Crippen molar-refractivity contribution >= 4 is 34.0 Å².